The third kappa shape index (κ3) is 2.98. The van der Waals surface area contributed by atoms with E-state index in [4.69, 9.17) is 0 Å². The molecule has 0 fully saturated rings. The van der Waals surface area contributed by atoms with Crippen molar-refractivity contribution in [2.75, 3.05) is 19.6 Å². The molecule has 0 aromatic carbocycles. The maximum Gasteiger partial charge on any atom is 0.274 e. The van der Waals surface area contributed by atoms with Gasteiger partial charge >= 0.3 is 0 Å². The average molecular weight is 305 g/mol. The fourth-order valence-corrected chi connectivity index (χ4v) is 3.17. The topological polar surface area (TPSA) is 73.9 Å². The standard InChI is InChI=1S/C14H19N5OS/c1-2-19(7-4-12-16-6-8-21-12)14(20)13-10-9-15-5-3-11(10)17-18-13/h6,8,15H,2-5,7,9H2,1H3,(H,17,18). The quantitative estimate of drug-likeness (QED) is 0.871. The highest BCUT2D eigenvalue weighted by Gasteiger charge is 2.24. The summed E-state index contributed by atoms with van der Waals surface area (Å²) >= 11 is 1.63. The highest BCUT2D eigenvalue weighted by atomic mass is 32.1. The summed E-state index contributed by atoms with van der Waals surface area (Å²) in [6, 6.07) is 0. The molecule has 1 aliphatic rings. The predicted molar refractivity (Wildman–Crippen MR) is 81.4 cm³/mol. The molecule has 0 bridgehead atoms. The Bertz CT molecular complexity index is 607. The fraction of sp³-hybridized carbons (Fsp3) is 0.500. The van der Waals surface area contributed by atoms with Gasteiger partial charge in [-0.05, 0) is 6.92 Å². The zero-order valence-electron chi connectivity index (χ0n) is 12.1. The minimum absolute atomic E-state index is 0.00950. The Balaban J connectivity index is 1.71. The van der Waals surface area contributed by atoms with Gasteiger partial charge in [-0.1, -0.05) is 0 Å². The third-order valence-corrected chi connectivity index (χ3v) is 4.60. The van der Waals surface area contributed by atoms with E-state index in [9.17, 15) is 4.79 Å². The molecule has 0 saturated carbocycles. The molecule has 2 aromatic rings. The van der Waals surface area contributed by atoms with Crippen LogP contribution in [-0.4, -0.2) is 45.6 Å². The van der Waals surface area contributed by atoms with E-state index in [0.29, 0.717) is 18.8 Å². The number of nitrogens with zero attached hydrogens (tertiary/aromatic N) is 3. The van der Waals surface area contributed by atoms with Crippen molar-refractivity contribution in [2.24, 2.45) is 0 Å². The number of aromatic amines is 1. The second-order valence-electron chi connectivity index (χ2n) is 5.02. The molecular weight excluding hydrogens is 286 g/mol. The summed E-state index contributed by atoms with van der Waals surface area (Å²) in [6.07, 6.45) is 3.50. The van der Waals surface area contributed by atoms with Crippen LogP contribution in [0, 0.1) is 0 Å². The summed E-state index contributed by atoms with van der Waals surface area (Å²) in [4.78, 5) is 18.8. The number of likely N-dealkylation sites (N-methyl/N-ethyl adjacent to an activating group) is 1. The maximum atomic E-state index is 12.7. The van der Waals surface area contributed by atoms with Crippen LogP contribution in [0.25, 0.3) is 0 Å². The fourth-order valence-electron chi connectivity index (χ4n) is 2.56. The second kappa shape index (κ2) is 6.36. The molecule has 1 aliphatic heterocycles. The number of nitrogens with one attached hydrogen (secondary N) is 2. The Morgan fingerprint density at radius 3 is 3.19 bits per heavy atom. The van der Waals surface area contributed by atoms with E-state index in [1.54, 1.807) is 17.5 Å². The van der Waals surface area contributed by atoms with Crippen LogP contribution in [0.15, 0.2) is 11.6 Å². The van der Waals surface area contributed by atoms with Crippen LogP contribution < -0.4 is 5.32 Å². The molecule has 7 heteroatoms. The zero-order valence-corrected chi connectivity index (χ0v) is 12.9. The molecule has 1 amide bonds. The van der Waals surface area contributed by atoms with Gasteiger partial charge in [0, 0.05) is 61.9 Å². The highest BCUT2D eigenvalue weighted by Crippen LogP contribution is 2.17. The Labute approximate surface area is 127 Å². The van der Waals surface area contributed by atoms with E-state index in [1.807, 2.05) is 17.2 Å². The van der Waals surface area contributed by atoms with Crippen molar-refractivity contribution in [1.29, 1.82) is 0 Å². The number of aromatic nitrogens is 3. The van der Waals surface area contributed by atoms with E-state index in [0.717, 1.165) is 42.2 Å². The molecule has 0 spiro atoms. The summed E-state index contributed by atoms with van der Waals surface area (Å²) in [5.74, 6) is 0.00950. The van der Waals surface area contributed by atoms with Gasteiger partial charge in [-0.25, -0.2) is 4.98 Å². The lowest BCUT2D eigenvalue weighted by Crippen LogP contribution is -2.34. The van der Waals surface area contributed by atoms with Gasteiger partial charge in [-0.2, -0.15) is 5.10 Å². The lowest BCUT2D eigenvalue weighted by atomic mass is 10.1. The van der Waals surface area contributed by atoms with E-state index in [2.05, 4.69) is 20.5 Å². The van der Waals surface area contributed by atoms with Gasteiger partial charge in [0.05, 0.1) is 5.01 Å². The van der Waals surface area contributed by atoms with E-state index >= 15 is 0 Å². The first-order valence-electron chi connectivity index (χ1n) is 7.24. The number of carbonyl (C=O) groups is 1. The first kappa shape index (κ1) is 14.2. The molecule has 0 radical (unpaired) electrons. The number of hydrogen-bond donors (Lipinski definition) is 2. The van der Waals surface area contributed by atoms with Crippen LogP contribution >= 0.6 is 11.3 Å². The van der Waals surface area contributed by atoms with Crippen molar-refractivity contribution >= 4 is 17.2 Å². The molecule has 0 atom stereocenters. The summed E-state index contributed by atoms with van der Waals surface area (Å²) in [6.45, 7) is 5.01. The summed E-state index contributed by atoms with van der Waals surface area (Å²) in [5.41, 5.74) is 2.69. The van der Waals surface area contributed by atoms with Crippen LogP contribution in [0.2, 0.25) is 0 Å². The van der Waals surface area contributed by atoms with Crippen LogP contribution in [0.4, 0.5) is 0 Å². The first-order valence-corrected chi connectivity index (χ1v) is 8.12. The van der Waals surface area contributed by atoms with Crippen molar-refractivity contribution in [1.82, 2.24) is 25.4 Å². The van der Waals surface area contributed by atoms with Crippen molar-refractivity contribution in [3.63, 3.8) is 0 Å². The second-order valence-corrected chi connectivity index (χ2v) is 6.00. The molecule has 2 N–H and O–H groups in total. The lowest BCUT2D eigenvalue weighted by molar-refractivity contribution is 0.0759. The molecule has 2 aromatic heterocycles. The van der Waals surface area contributed by atoms with Crippen LogP contribution in [0.5, 0.6) is 0 Å². The Morgan fingerprint density at radius 2 is 2.43 bits per heavy atom. The molecule has 3 rings (SSSR count). The van der Waals surface area contributed by atoms with Gasteiger partial charge in [-0.15, -0.1) is 11.3 Å². The molecule has 0 aliphatic carbocycles. The summed E-state index contributed by atoms with van der Waals surface area (Å²) < 4.78 is 0. The normalized spacial score (nSPS) is 14.0. The van der Waals surface area contributed by atoms with Crippen molar-refractivity contribution in [3.05, 3.63) is 33.5 Å². The zero-order chi connectivity index (χ0) is 14.7. The number of thiazole rings is 1. The molecule has 0 saturated heterocycles. The van der Waals surface area contributed by atoms with E-state index < -0.39 is 0 Å². The molecule has 0 unspecified atom stereocenters. The van der Waals surface area contributed by atoms with Gasteiger partial charge < -0.3 is 10.2 Å². The van der Waals surface area contributed by atoms with Gasteiger partial charge in [0.1, 0.15) is 0 Å². The third-order valence-electron chi connectivity index (χ3n) is 3.76. The first-order chi connectivity index (χ1) is 10.3. The summed E-state index contributed by atoms with van der Waals surface area (Å²) in [7, 11) is 0. The molecule has 21 heavy (non-hydrogen) atoms. The Morgan fingerprint density at radius 1 is 1.52 bits per heavy atom. The van der Waals surface area contributed by atoms with E-state index in [1.165, 1.54) is 0 Å². The van der Waals surface area contributed by atoms with Crippen LogP contribution in [0.1, 0.15) is 33.7 Å². The largest absolute Gasteiger partial charge is 0.337 e. The number of carbonyl (C=O) groups excluding carboxylic acids is 1. The highest BCUT2D eigenvalue weighted by molar-refractivity contribution is 7.09. The van der Waals surface area contributed by atoms with Gasteiger partial charge in [0.15, 0.2) is 5.69 Å². The van der Waals surface area contributed by atoms with Crippen molar-refractivity contribution in [2.45, 2.75) is 26.3 Å². The van der Waals surface area contributed by atoms with Crippen molar-refractivity contribution < 1.29 is 4.79 Å². The molecular formula is C14H19N5OS. The summed E-state index contributed by atoms with van der Waals surface area (Å²) in [5, 5.41) is 13.6. The molecule has 6 nitrogen and oxygen atoms in total. The monoisotopic (exact) mass is 305 g/mol. The SMILES string of the molecule is CCN(CCc1nccs1)C(=O)c1n[nH]c2c1CNCC2. The lowest BCUT2D eigenvalue weighted by Gasteiger charge is -2.20. The number of amides is 1. The van der Waals surface area contributed by atoms with Gasteiger partial charge in [-0.3, -0.25) is 9.89 Å². The van der Waals surface area contributed by atoms with Gasteiger partial charge in [0.25, 0.3) is 5.91 Å². The Kier molecular flexibility index (Phi) is 4.31. The smallest absolute Gasteiger partial charge is 0.274 e. The number of rotatable bonds is 5. The minimum atomic E-state index is 0.00950. The average Bonchev–Trinajstić information content (AvgIpc) is 3.17. The minimum Gasteiger partial charge on any atom is -0.337 e. The number of fused-ring (bicyclic) bond motifs is 1. The molecule has 112 valence electrons. The number of hydrogen-bond acceptors (Lipinski definition) is 5. The van der Waals surface area contributed by atoms with E-state index in [-0.39, 0.29) is 5.91 Å². The number of H-pyrrole nitrogens is 1. The Hall–Kier alpha value is -1.73. The van der Waals surface area contributed by atoms with Crippen LogP contribution in [-0.2, 0) is 19.4 Å². The predicted octanol–water partition coefficient (Wildman–Crippen LogP) is 1.22. The van der Waals surface area contributed by atoms with Crippen molar-refractivity contribution in [3.8, 4) is 0 Å². The maximum absolute atomic E-state index is 12.7. The molecule has 3 heterocycles. The van der Waals surface area contributed by atoms with Crippen LogP contribution in [0.3, 0.4) is 0 Å². The van der Waals surface area contributed by atoms with Gasteiger partial charge in [0.2, 0.25) is 0 Å².